The first-order valence-corrected chi connectivity index (χ1v) is 3.61. The fraction of sp³-hybridized carbons (Fsp3) is 0.333. The maximum Gasteiger partial charge on any atom is -0.107 e. The Hall–Kier alpha value is 1.82. The molecule has 0 aromatic rings. The molecule has 9 heavy (non-hydrogen) atoms. The van der Waals surface area contributed by atoms with Gasteiger partial charge in [-0.3, -0.25) is 0 Å². The number of allylic oxidation sites excluding steroid dienone is 4. The summed E-state index contributed by atoms with van der Waals surface area (Å²) in [5, 5.41) is 0. The van der Waals surface area contributed by atoms with E-state index in [1.54, 1.807) is 28.0 Å². The van der Waals surface area contributed by atoms with Crippen molar-refractivity contribution in [3.8, 4) is 0 Å². The molecule has 0 N–H and O–H groups in total. The predicted molar refractivity (Wildman–Crippen MR) is 57.3 cm³/mol. The second kappa shape index (κ2) is 6.53. The van der Waals surface area contributed by atoms with Crippen LogP contribution in [0.4, 0.5) is 0 Å². The molecule has 0 fully saturated rings. The molecule has 0 radical (unpaired) electrons. The third kappa shape index (κ3) is 4.30. The fourth-order valence-corrected chi connectivity index (χ4v) is 1.11. The SMILES string of the molecule is CC1=[C]([Zr])CC=C1.I.I. The molecular weight excluding hydrogens is 417 g/mol. The van der Waals surface area contributed by atoms with E-state index in [1.165, 1.54) is 12.0 Å². The van der Waals surface area contributed by atoms with E-state index >= 15 is 0 Å². The van der Waals surface area contributed by atoms with E-state index < -0.39 is 0 Å². The van der Waals surface area contributed by atoms with Gasteiger partial charge in [0.05, 0.1) is 0 Å². The van der Waals surface area contributed by atoms with Gasteiger partial charge in [0.1, 0.15) is 0 Å². The maximum absolute atomic E-state index is 2.22. The minimum Gasteiger partial charge on any atom is -0.107 e. The van der Waals surface area contributed by atoms with Crippen molar-refractivity contribution in [2.24, 2.45) is 0 Å². The van der Waals surface area contributed by atoms with E-state index in [0.717, 1.165) is 0 Å². The predicted octanol–water partition coefficient (Wildman–Crippen LogP) is 3.00. The molecule has 0 heterocycles. The van der Waals surface area contributed by atoms with Gasteiger partial charge in [-0.25, -0.2) is 0 Å². The summed E-state index contributed by atoms with van der Waals surface area (Å²) in [6.45, 7) is 2.17. The Balaban J connectivity index is 0. The molecule has 0 nitrogen and oxygen atoms in total. The third-order valence-corrected chi connectivity index (χ3v) is 2.64. The summed E-state index contributed by atoms with van der Waals surface area (Å²) in [7, 11) is 0. The van der Waals surface area contributed by atoms with Crippen LogP contribution in [0.3, 0.4) is 0 Å². The zero-order valence-corrected chi connectivity index (χ0v) is 12.3. The summed E-state index contributed by atoms with van der Waals surface area (Å²) in [5.74, 6) is 0. The molecule has 0 atom stereocenters. The molecule has 0 aliphatic heterocycles. The van der Waals surface area contributed by atoms with Crippen LogP contribution >= 0.6 is 48.0 Å². The summed E-state index contributed by atoms with van der Waals surface area (Å²) >= 11 is 1.58. The van der Waals surface area contributed by atoms with Crippen LogP contribution in [0, 0.1) is 0 Å². The van der Waals surface area contributed by atoms with E-state index in [2.05, 4.69) is 19.1 Å². The van der Waals surface area contributed by atoms with Crippen molar-refractivity contribution in [1.82, 2.24) is 0 Å². The summed E-state index contributed by atoms with van der Waals surface area (Å²) in [6.07, 6.45) is 5.63. The van der Waals surface area contributed by atoms with E-state index in [-0.39, 0.29) is 48.0 Å². The number of hydrogen-bond donors (Lipinski definition) is 0. The summed E-state index contributed by atoms with van der Waals surface area (Å²) < 4.78 is 1.60. The fourth-order valence-electron chi connectivity index (χ4n) is 0.615. The Morgan fingerprint density at radius 2 is 2.00 bits per heavy atom. The Kier molecular flexibility index (Phi) is 9.73. The summed E-state index contributed by atoms with van der Waals surface area (Å²) in [6, 6.07) is 0. The molecule has 0 aromatic heterocycles. The van der Waals surface area contributed by atoms with Crippen LogP contribution in [0.2, 0.25) is 0 Å². The molecule has 51 valence electrons. The first kappa shape index (κ1) is 13.4. The van der Waals surface area contributed by atoms with E-state index in [0.29, 0.717) is 0 Å². The van der Waals surface area contributed by atoms with Crippen molar-refractivity contribution in [2.75, 3.05) is 0 Å². The maximum atomic E-state index is 2.22. The van der Waals surface area contributed by atoms with Crippen molar-refractivity contribution in [3.63, 3.8) is 0 Å². The molecule has 0 spiro atoms. The van der Waals surface area contributed by atoms with Crippen molar-refractivity contribution in [1.29, 1.82) is 0 Å². The molecule has 0 saturated heterocycles. The van der Waals surface area contributed by atoms with E-state index in [1.807, 2.05) is 0 Å². The van der Waals surface area contributed by atoms with Gasteiger partial charge in [-0.15, -0.1) is 48.0 Å². The van der Waals surface area contributed by atoms with Crippen LogP contribution in [-0.2, 0) is 24.7 Å². The molecule has 0 amide bonds. The topological polar surface area (TPSA) is 0 Å². The van der Waals surface area contributed by atoms with Gasteiger partial charge < -0.3 is 0 Å². The first-order chi connectivity index (χ1) is 3.30. The minimum atomic E-state index is 0. The average molecular weight is 426 g/mol. The summed E-state index contributed by atoms with van der Waals surface area (Å²) in [5.41, 5.74) is 1.48. The Morgan fingerprint density at radius 1 is 1.44 bits per heavy atom. The smallest absolute Gasteiger partial charge is 0.107 e. The molecule has 1 rings (SSSR count). The Bertz CT molecular complexity index is 138. The van der Waals surface area contributed by atoms with Gasteiger partial charge in [0.2, 0.25) is 0 Å². The van der Waals surface area contributed by atoms with Gasteiger partial charge >= 0.3 is 59.1 Å². The molecule has 1 aliphatic rings. The van der Waals surface area contributed by atoms with Gasteiger partial charge in [-0.1, -0.05) is 0 Å². The normalized spacial score (nSPS) is 14.7. The van der Waals surface area contributed by atoms with Crippen LogP contribution in [0.5, 0.6) is 0 Å². The van der Waals surface area contributed by atoms with Crippen LogP contribution in [0.25, 0.3) is 0 Å². The Morgan fingerprint density at radius 3 is 2.11 bits per heavy atom. The van der Waals surface area contributed by atoms with Gasteiger partial charge in [-0.05, 0) is 0 Å². The van der Waals surface area contributed by atoms with Gasteiger partial charge in [0, 0.05) is 0 Å². The van der Waals surface area contributed by atoms with Gasteiger partial charge in [0.25, 0.3) is 0 Å². The molecule has 1 aliphatic carbocycles. The first-order valence-electron chi connectivity index (χ1n) is 2.38. The van der Waals surface area contributed by atoms with Crippen molar-refractivity contribution >= 4 is 48.0 Å². The second-order valence-electron chi connectivity index (χ2n) is 1.77. The van der Waals surface area contributed by atoms with Crippen LogP contribution in [0.1, 0.15) is 13.3 Å². The standard InChI is InChI=1S/C6H7.2HI.Zr/c1-6-4-2-3-5-6;;;/h2,4H,3H2,1H3;2*1H;. The molecule has 0 saturated carbocycles. The molecule has 0 bridgehead atoms. The van der Waals surface area contributed by atoms with Crippen LogP contribution in [0.15, 0.2) is 21.0 Å². The molecule has 0 unspecified atom stereocenters. The van der Waals surface area contributed by atoms with Crippen molar-refractivity contribution in [2.45, 2.75) is 13.3 Å². The minimum absolute atomic E-state index is 0. The summed E-state index contributed by atoms with van der Waals surface area (Å²) in [4.78, 5) is 0. The van der Waals surface area contributed by atoms with Crippen molar-refractivity contribution in [3.05, 3.63) is 21.0 Å². The monoisotopic (exact) mass is 425 g/mol. The zero-order valence-electron chi connectivity index (χ0n) is 5.18. The van der Waals surface area contributed by atoms with E-state index in [9.17, 15) is 0 Å². The number of hydrogen-bond acceptors (Lipinski definition) is 0. The number of halogens is 2. The zero-order chi connectivity index (χ0) is 5.28. The second-order valence-corrected chi connectivity index (χ2v) is 3.25. The van der Waals surface area contributed by atoms with E-state index in [4.69, 9.17) is 0 Å². The largest absolute Gasteiger partial charge is 0.107 e. The number of rotatable bonds is 0. The van der Waals surface area contributed by atoms with Gasteiger partial charge in [-0.2, -0.15) is 0 Å². The third-order valence-electron chi connectivity index (χ3n) is 1.17. The molecule has 3 heteroatoms. The average Bonchev–Trinajstić information content (AvgIpc) is 1.91. The Labute approximate surface area is 105 Å². The van der Waals surface area contributed by atoms with Gasteiger partial charge in [0.15, 0.2) is 0 Å². The quantitative estimate of drug-likeness (QED) is 0.523. The van der Waals surface area contributed by atoms with Crippen LogP contribution in [-0.4, -0.2) is 0 Å². The van der Waals surface area contributed by atoms with Crippen LogP contribution < -0.4 is 0 Å². The molecule has 0 aromatic carbocycles. The van der Waals surface area contributed by atoms with Crippen molar-refractivity contribution < 1.29 is 24.7 Å². The molecular formula is C6H9I2Zr.